The van der Waals surface area contributed by atoms with E-state index >= 15 is 0 Å². The van der Waals surface area contributed by atoms with Gasteiger partial charge in [0.1, 0.15) is 0 Å². The number of hydrogen-bond donors (Lipinski definition) is 0. The lowest BCUT2D eigenvalue weighted by Gasteiger charge is -2.29. The van der Waals surface area contributed by atoms with Crippen molar-refractivity contribution in [3.8, 4) is 5.69 Å². The number of nitrogens with zero attached hydrogens (tertiary/aromatic N) is 2. The molecule has 0 saturated heterocycles. The first-order valence-electron chi connectivity index (χ1n) is 8.36. The smallest absolute Gasteiger partial charge is 0.255 e. The lowest BCUT2D eigenvalue weighted by Crippen LogP contribution is -2.36. The summed E-state index contributed by atoms with van der Waals surface area (Å²) in [4.78, 5) is 26.9. The van der Waals surface area contributed by atoms with Gasteiger partial charge in [0.05, 0.1) is 5.56 Å². The number of benzene rings is 2. The van der Waals surface area contributed by atoms with E-state index in [1.165, 1.54) is 21.8 Å². The third kappa shape index (κ3) is 2.98. The van der Waals surface area contributed by atoms with Crippen molar-refractivity contribution in [1.29, 1.82) is 0 Å². The molecule has 3 aromatic rings. The van der Waals surface area contributed by atoms with Gasteiger partial charge in [-0.15, -0.1) is 0 Å². The van der Waals surface area contributed by atoms with Gasteiger partial charge in [-0.1, -0.05) is 42.5 Å². The van der Waals surface area contributed by atoms with Crippen molar-refractivity contribution < 1.29 is 4.79 Å². The van der Waals surface area contributed by atoms with E-state index in [0.29, 0.717) is 18.7 Å². The Morgan fingerprint density at radius 1 is 0.840 bits per heavy atom. The van der Waals surface area contributed by atoms with Crippen molar-refractivity contribution in [3.05, 3.63) is 100.0 Å². The molecule has 0 spiro atoms. The van der Waals surface area contributed by atoms with E-state index in [1.807, 2.05) is 47.4 Å². The Kier molecular flexibility index (Phi) is 3.94. The van der Waals surface area contributed by atoms with Crippen molar-refractivity contribution in [3.63, 3.8) is 0 Å². The van der Waals surface area contributed by atoms with Gasteiger partial charge >= 0.3 is 0 Å². The van der Waals surface area contributed by atoms with Crippen LogP contribution in [0.25, 0.3) is 5.69 Å². The van der Waals surface area contributed by atoms with Crippen LogP contribution in [-0.4, -0.2) is 21.9 Å². The molecule has 0 N–H and O–H groups in total. The number of rotatable bonds is 2. The molecule has 0 saturated carbocycles. The highest BCUT2D eigenvalue weighted by Crippen LogP contribution is 2.20. The average Bonchev–Trinajstić information content (AvgIpc) is 2.68. The molecule has 124 valence electrons. The zero-order chi connectivity index (χ0) is 17.2. The average molecular weight is 330 g/mol. The second-order valence-electron chi connectivity index (χ2n) is 6.21. The van der Waals surface area contributed by atoms with Gasteiger partial charge in [-0.3, -0.25) is 14.2 Å². The van der Waals surface area contributed by atoms with Crippen molar-refractivity contribution in [2.45, 2.75) is 13.0 Å². The highest BCUT2D eigenvalue weighted by atomic mass is 16.2. The topological polar surface area (TPSA) is 42.3 Å². The Morgan fingerprint density at radius 2 is 1.56 bits per heavy atom. The van der Waals surface area contributed by atoms with Gasteiger partial charge in [-0.25, -0.2) is 0 Å². The third-order valence-electron chi connectivity index (χ3n) is 4.61. The van der Waals surface area contributed by atoms with Crippen molar-refractivity contribution in [2.24, 2.45) is 0 Å². The van der Waals surface area contributed by atoms with Gasteiger partial charge in [0, 0.05) is 31.0 Å². The molecule has 1 amide bonds. The minimum absolute atomic E-state index is 0.0424. The Bertz CT molecular complexity index is 976. The predicted molar refractivity (Wildman–Crippen MR) is 96.9 cm³/mol. The van der Waals surface area contributed by atoms with Crippen molar-refractivity contribution in [1.82, 2.24) is 9.47 Å². The van der Waals surface area contributed by atoms with Crippen molar-refractivity contribution >= 4 is 5.91 Å². The Balaban J connectivity index is 1.65. The SMILES string of the molecule is O=C(c1ccc(=O)n(-c2ccccc2)c1)N1CCc2ccccc2C1. The molecular weight excluding hydrogens is 312 g/mol. The van der Waals surface area contributed by atoms with E-state index in [0.717, 1.165) is 12.1 Å². The first-order chi connectivity index (χ1) is 12.2. The summed E-state index contributed by atoms with van der Waals surface area (Å²) < 4.78 is 1.52. The quantitative estimate of drug-likeness (QED) is 0.725. The molecular formula is C21H18N2O2. The molecule has 0 aliphatic carbocycles. The summed E-state index contributed by atoms with van der Waals surface area (Å²) in [6, 6.07) is 20.6. The highest BCUT2D eigenvalue weighted by molar-refractivity contribution is 5.94. The maximum atomic E-state index is 12.9. The molecule has 0 bridgehead atoms. The molecule has 25 heavy (non-hydrogen) atoms. The van der Waals surface area contributed by atoms with Gasteiger partial charge in [0.15, 0.2) is 0 Å². The summed E-state index contributed by atoms with van der Waals surface area (Å²) in [6.45, 7) is 1.31. The summed E-state index contributed by atoms with van der Waals surface area (Å²) >= 11 is 0. The number of fused-ring (bicyclic) bond motifs is 1. The Morgan fingerprint density at radius 3 is 2.36 bits per heavy atom. The van der Waals surface area contributed by atoms with Gasteiger partial charge in [-0.05, 0) is 35.7 Å². The molecule has 0 radical (unpaired) electrons. The largest absolute Gasteiger partial charge is 0.334 e. The highest BCUT2D eigenvalue weighted by Gasteiger charge is 2.22. The number of aromatic nitrogens is 1. The molecule has 4 heteroatoms. The van der Waals surface area contributed by atoms with E-state index in [1.54, 1.807) is 12.3 Å². The molecule has 4 nitrogen and oxygen atoms in total. The molecule has 2 aromatic carbocycles. The summed E-state index contributed by atoms with van der Waals surface area (Å²) in [5.41, 5.74) is 3.64. The summed E-state index contributed by atoms with van der Waals surface area (Å²) in [7, 11) is 0. The minimum atomic E-state index is -0.147. The Hall–Kier alpha value is -3.14. The van der Waals surface area contributed by atoms with Gasteiger partial charge in [0.2, 0.25) is 0 Å². The first kappa shape index (κ1) is 15.4. The minimum Gasteiger partial charge on any atom is -0.334 e. The predicted octanol–water partition coefficient (Wildman–Crippen LogP) is 3.04. The number of carbonyl (C=O) groups is 1. The van der Waals surface area contributed by atoms with Crippen molar-refractivity contribution in [2.75, 3.05) is 6.54 Å². The van der Waals surface area contributed by atoms with Gasteiger partial charge in [0.25, 0.3) is 11.5 Å². The Labute approximate surface area is 146 Å². The maximum absolute atomic E-state index is 12.9. The third-order valence-corrected chi connectivity index (χ3v) is 4.61. The molecule has 1 aliphatic rings. The zero-order valence-electron chi connectivity index (χ0n) is 13.8. The van der Waals surface area contributed by atoms with Crippen LogP contribution in [0.5, 0.6) is 0 Å². The fourth-order valence-corrected chi connectivity index (χ4v) is 3.26. The van der Waals surface area contributed by atoms with Crippen LogP contribution in [0.3, 0.4) is 0 Å². The summed E-state index contributed by atoms with van der Waals surface area (Å²) in [5.74, 6) is -0.0424. The number of amides is 1. The lowest BCUT2D eigenvalue weighted by atomic mass is 9.99. The standard InChI is InChI=1S/C21H18N2O2/c24-20-11-10-18(15-23(20)19-8-2-1-3-9-19)21(25)22-13-12-16-6-4-5-7-17(16)14-22/h1-11,15H,12-14H2. The molecule has 0 atom stereocenters. The van der Waals surface area contributed by atoms with Gasteiger partial charge < -0.3 is 4.90 Å². The maximum Gasteiger partial charge on any atom is 0.255 e. The van der Waals surface area contributed by atoms with Gasteiger partial charge in [-0.2, -0.15) is 0 Å². The van der Waals surface area contributed by atoms with E-state index in [9.17, 15) is 9.59 Å². The van der Waals surface area contributed by atoms with E-state index in [2.05, 4.69) is 12.1 Å². The van der Waals surface area contributed by atoms with E-state index < -0.39 is 0 Å². The van der Waals surface area contributed by atoms with Crippen LogP contribution in [0.15, 0.2) is 77.7 Å². The number of hydrogen-bond acceptors (Lipinski definition) is 2. The number of carbonyl (C=O) groups excluding carboxylic acids is 1. The summed E-state index contributed by atoms with van der Waals surface area (Å²) in [6.07, 6.45) is 2.50. The van der Waals surface area contributed by atoms with E-state index in [4.69, 9.17) is 0 Å². The molecule has 0 unspecified atom stereocenters. The fourth-order valence-electron chi connectivity index (χ4n) is 3.26. The molecule has 1 aliphatic heterocycles. The summed E-state index contributed by atoms with van der Waals surface area (Å²) in [5, 5.41) is 0. The van der Waals surface area contributed by atoms with Crippen LogP contribution >= 0.6 is 0 Å². The number of pyridine rings is 1. The normalized spacial score (nSPS) is 13.4. The second-order valence-corrected chi connectivity index (χ2v) is 6.21. The van der Waals surface area contributed by atoms with Crippen LogP contribution < -0.4 is 5.56 Å². The van der Waals surface area contributed by atoms with Crippen LogP contribution in [0.4, 0.5) is 0 Å². The fraction of sp³-hybridized carbons (Fsp3) is 0.143. The lowest BCUT2D eigenvalue weighted by molar-refractivity contribution is 0.0734. The molecule has 0 fully saturated rings. The van der Waals surface area contributed by atoms with Crippen LogP contribution in [0.2, 0.25) is 0 Å². The zero-order valence-corrected chi connectivity index (χ0v) is 13.8. The number of para-hydroxylation sites is 1. The first-order valence-corrected chi connectivity index (χ1v) is 8.36. The van der Waals surface area contributed by atoms with Crippen LogP contribution in [-0.2, 0) is 13.0 Å². The molecule has 4 rings (SSSR count). The molecule has 1 aromatic heterocycles. The van der Waals surface area contributed by atoms with Crippen LogP contribution in [0, 0.1) is 0 Å². The second kappa shape index (κ2) is 6.40. The monoisotopic (exact) mass is 330 g/mol. The molecule has 2 heterocycles. The van der Waals surface area contributed by atoms with E-state index in [-0.39, 0.29) is 11.5 Å². The van der Waals surface area contributed by atoms with Crippen LogP contribution in [0.1, 0.15) is 21.5 Å².